The van der Waals surface area contributed by atoms with Crippen LogP contribution in [0, 0.1) is 0 Å². The second kappa shape index (κ2) is 29.3. The Kier molecular flexibility index (Phi) is 27.0. The number of ketones is 1. The van der Waals surface area contributed by atoms with E-state index in [9.17, 15) is 33.6 Å². The summed E-state index contributed by atoms with van der Waals surface area (Å²) in [5.74, 6) is -4.35. The molecule has 0 spiro atoms. The molecule has 6 amide bonds. The van der Waals surface area contributed by atoms with Crippen molar-refractivity contribution >= 4 is 47.2 Å². The lowest BCUT2D eigenvalue weighted by atomic mass is 10.0. The van der Waals surface area contributed by atoms with Crippen molar-refractivity contribution in [3.8, 4) is 0 Å². The van der Waals surface area contributed by atoms with Gasteiger partial charge < -0.3 is 44.2 Å². The molecule has 0 aromatic heterocycles. The highest BCUT2D eigenvalue weighted by atomic mass is 16.2. The van der Waals surface area contributed by atoms with Crippen LogP contribution in [0.25, 0.3) is 0 Å². The third-order valence-corrected chi connectivity index (χ3v) is 8.66. The number of unbranched alkanes of at least 4 members (excludes halogenated alkanes) is 12. The lowest BCUT2D eigenvalue weighted by Gasteiger charge is -2.25. The number of nitrogens with one attached hydrogen (secondary N) is 4. The van der Waals surface area contributed by atoms with E-state index in [0.717, 1.165) is 19.3 Å². The van der Waals surface area contributed by atoms with Gasteiger partial charge in [0.25, 0.3) is 0 Å². The minimum atomic E-state index is -1.29. The number of hydrogen-bond donors (Lipinski definition) is 8. The minimum absolute atomic E-state index is 0.00990. The molecule has 0 rings (SSSR count). The zero-order valence-electron chi connectivity index (χ0n) is 31.8. The fraction of sp³-hybridized carbons (Fsp3) is 0.778. The molecule has 0 aliphatic heterocycles. The van der Waals surface area contributed by atoms with Gasteiger partial charge in [-0.15, -0.1) is 0 Å². The number of hydrogen-bond acceptors (Lipinski definition) is 8. The Morgan fingerprint density at radius 1 is 0.519 bits per heavy atom. The number of aliphatic imine (C=N–C) groups is 1. The average molecular weight is 738 g/mol. The summed E-state index contributed by atoms with van der Waals surface area (Å²) in [6.45, 7) is 5.05. The van der Waals surface area contributed by atoms with E-state index in [-0.39, 0.29) is 56.9 Å². The maximum absolute atomic E-state index is 13.5. The molecule has 16 heteroatoms. The molecular formula is C36H67N9O7. The van der Waals surface area contributed by atoms with E-state index in [4.69, 9.17) is 22.9 Å². The van der Waals surface area contributed by atoms with Crippen LogP contribution in [0.3, 0.4) is 0 Å². The monoisotopic (exact) mass is 738 g/mol. The van der Waals surface area contributed by atoms with E-state index >= 15 is 0 Å². The zero-order valence-corrected chi connectivity index (χ0v) is 31.8. The van der Waals surface area contributed by atoms with Crippen LogP contribution in [0.5, 0.6) is 0 Å². The van der Waals surface area contributed by atoms with E-state index in [1.807, 2.05) is 0 Å². The molecule has 12 N–H and O–H groups in total. The van der Waals surface area contributed by atoms with Gasteiger partial charge >= 0.3 is 0 Å². The van der Waals surface area contributed by atoms with Gasteiger partial charge in [-0.1, -0.05) is 84.0 Å². The topological polar surface area (TPSA) is 284 Å². The zero-order chi connectivity index (χ0) is 39.3. The highest BCUT2D eigenvalue weighted by Crippen LogP contribution is 2.13. The summed E-state index contributed by atoms with van der Waals surface area (Å²) in [5, 5.41) is 10.3. The smallest absolute Gasteiger partial charge is 0.243 e. The Morgan fingerprint density at radius 2 is 0.962 bits per heavy atom. The van der Waals surface area contributed by atoms with Gasteiger partial charge in [-0.2, -0.15) is 0 Å². The third kappa shape index (κ3) is 25.7. The largest absolute Gasteiger partial charge is 0.370 e. The number of carbonyl (C=O) groups excluding carboxylic acids is 7. The first-order chi connectivity index (χ1) is 24.7. The first-order valence-electron chi connectivity index (χ1n) is 19.0. The van der Waals surface area contributed by atoms with E-state index in [1.165, 1.54) is 71.6 Å². The Balaban J connectivity index is 5.22. The highest BCUT2D eigenvalue weighted by molar-refractivity contribution is 5.95. The number of carbonyl (C=O) groups is 7. The Hall–Kier alpha value is -4.24. The van der Waals surface area contributed by atoms with Crippen LogP contribution in [0.4, 0.5) is 0 Å². The van der Waals surface area contributed by atoms with Crippen LogP contribution in [0.1, 0.15) is 149 Å². The van der Waals surface area contributed by atoms with E-state index in [1.54, 1.807) is 0 Å². The SMILES string of the molecule is CCCCCCCCCCCCCCCC(=O)N[C@@H](CCCN=C(N)N)C(=O)N[C@@H](CCC(N)=O)C(=O)N[C@@H](C)C(=O)N[C@@H](CCC(N)=O)C(C)=O. The number of nitrogens with two attached hydrogens (primary N) is 4. The molecular weight excluding hydrogens is 670 g/mol. The van der Waals surface area contributed by atoms with Gasteiger partial charge in [0.2, 0.25) is 35.4 Å². The predicted octanol–water partition coefficient (Wildman–Crippen LogP) is 1.60. The van der Waals surface area contributed by atoms with Gasteiger partial charge in [0.05, 0.1) is 6.04 Å². The van der Waals surface area contributed by atoms with Gasteiger partial charge in [-0.25, -0.2) is 0 Å². The normalized spacial score (nSPS) is 13.1. The molecule has 16 nitrogen and oxygen atoms in total. The Morgan fingerprint density at radius 3 is 1.44 bits per heavy atom. The van der Waals surface area contributed by atoms with Crippen molar-refractivity contribution in [3.63, 3.8) is 0 Å². The molecule has 0 unspecified atom stereocenters. The number of amides is 6. The van der Waals surface area contributed by atoms with Gasteiger partial charge in [0.15, 0.2) is 11.7 Å². The molecule has 0 aliphatic rings. The molecule has 0 aromatic carbocycles. The number of rotatable bonds is 32. The number of guanidine groups is 1. The minimum Gasteiger partial charge on any atom is -0.370 e. The Labute approximate surface area is 309 Å². The average Bonchev–Trinajstić information content (AvgIpc) is 3.07. The first-order valence-corrected chi connectivity index (χ1v) is 19.0. The molecule has 0 aliphatic carbocycles. The molecule has 0 radical (unpaired) electrons. The summed E-state index contributed by atoms with van der Waals surface area (Å²) in [7, 11) is 0. The number of Topliss-reactive ketones (excluding diaryl/α,β-unsaturated/α-hetero) is 1. The van der Waals surface area contributed by atoms with Crippen LogP contribution in [0.15, 0.2) is 4.99 Å². The second-order valence-electron chi connectivity index (χ2n) is 13.5. The Bertz CT molecular complexity index is 1150. The fourth-order valence-electron chi connectivity index (χ4n) is 5.51. The molecule has 298 valence electrons. The first kappa shape index (κ1) is 47.8. The van der Waals surface area contributed by atoms with Crippen molar-refractivity contribution in [2.24, 2.45) is 27.9 Å². The fourth-order valence-corrected chi connectivity index (χ4v) is 5.51. The van der Waals surface area contributed by atoms with Gasteiger partial charge in [0, 0.05) is 25.8 Å². The molecule has 0 heterocycles. The van der Waals surface area contributed by atoms with Crippen LogP contribution < -0.4 is 44.2 Å². The summed E-state index contributed by atoms with van der Waals surface area (Å²) in [6.07, 6.45) is 15.4. The van der Waals surface area contributed by atoms with Gasteiger partial charge in [0.1, 0.15) is 18.1 Å². The molecule has 4 atom stereocenters. The van der Waals surface area contributed by atoms with Crippen molar-refractivity contribution in [3.05, 3.63) is 0 Å². The quantitative estimate of drug-likeness (QED) is 0.0282. The summed E-state index contributed by atoms with van der Waals surface area (Å²) in [4.78, 5) is 91.0. The summed E-state index contributed by atoms with van der Waals surface area (Å²) < 4.78 is 0. The van der Waals surface area contributed by atoms with Crippen LogP contribution in [-0.2, 0) is 33.6 Å². The van der Waals surface area contributed by atoms with Crippen molar-refractivity contribution < 1.29 is 33.6 Å². The van der Waals surface area contributed by atoms with Crippen molar-refractivity contribution in [2.45, 2.75) is 173 Å². The summed E-state index contributed by atoms with van der Waals surface area (Å²) >= 11 is 0. The van der Waals surface area contributed by atoms with Crippen LogP contribution in [-0.4, -0.2) is 77.9 Å². The van der Waals surface area contributed by atoms with Crippen molar-refractivity contribution in [2.75, 3.05) is 6.54 Å². The maximum atomic E-state index is 13.5. The lowest BCUT2D eigenvalue weighted by molar-refractivity contribution is -0.134. The molecule has 52 heavy (non-hydrogen) atoms. The number of primary amides is 2. The van der Waals surface area contributed by atoms with E-state index in [2.05, 4.69) is 33.2 Å². The van der Waals surface area contributed by atoms with E-state index in [0.29, 0.717) is 12.8 Å². The molecule has 0 saturated heterocycles. The summed E-state index contributed by atoms with van der Waals surface area (Å²) in [5.41, 5.74) is 21.3. The molecule has 0 saturated carbocycles. The predicted molar refractivity (Wildman–Crippen MR) is 201 cm³/mol. The molecule has 0 bridgehead atoms. The van der Waals surface area contributed by atoms with Crippen LogP contribution >= 0.6 is 0 Å². The standard InChI is InChI=1S/C36H67N9O7/c1-4-5-6-7-8-9-10-11-12-13-14-15-16-19-32(49)43-28(18-17-24-41-36(39)40)35(52)45-29(21-23-31(38)48)34(51)42-25(2)33(50)44-27(26(3)46)20-22-30(37)47/h25,27-29H,4-24H2,1-3H3,(H2,37,47)(H2,38,48)(H,42,51)(H,43,49)(H,44,50)(H,45,52)(H4,39,40,41)/t25-,27-,28-,29-/m0/s1. The lowest BCUT2D eigenvalue weighted by Crippen LogP contribution is -2.57. The molecule has 0 aromatic rings. The van der Waals surface area contributed by atoms with Gasteiger partial charge in [-0.05, 0) is 46.0 Å². The second-order valence-corrected chi connectivity index (χ2v) is 13.5. The van der Waals surface area contributed by atoms with E-state index < -0.39 is 59.5 Å². The number of nitrogens with zero attached hydrogens (tertiary/aromatic N) is 1. The summed E-state index contributed by atoms with van der Waals surface area (Å²) in [6, 6.07) is -4.47. The highest BCUT2D eigenvalue weighted by Gasteiger charge is 2.29. The van der Waals surface area contributed by atoms with Gasteiger partial charge in [-0.3, -0.25) is 38.6 Å². The van der Waals surface area contributed by atoms with Crippen molar-refractivity contribution in [1.82, 2.24) is 21.3 Å². The van der Waals surface area contributed by atoms with Crippen molar-refractivity contribution in [1.29, 1.82) is 0 Å². The maximum Gasteiger partial charge on any atom is 0.243 e. The third-order valence-electron chi connectivity index (χ3n) is 8.66. The van der Waals surface area contributed by atoms with Crippen LogP contribution in [0.2, 0.25) is 0 Å². The molecule has 0 fully saturated rings.